The van der Waals surface area contributed by atoms with Gasteiger partial charge in [0.15, 0.2) is 5.69 Å². The van der Waals surface area contributed by atoms with Crippen molar-refractivity contribution in [3.8, 4) is 0 Å². The van der Waals surface area contributed by atoms with Crippen molar-refractivity contribution in [3.05, 3.63) is 63.5 Å². The van der Waals surface area contributed by atoms with E-state index in [4.69, 9.17) is 4.42 Å². The first-order valence-corrected chi connectivity index (χ1v) is 7.12. The zero-order chi connectivity index (χ0) is 17.3. The van der Waals surface area contributed by atoms with Gasteiger partial charge in [-0.25, -0.2) is 5.10 Å². The molecule has 0 fully saturated rings. The fourth-order valence-electron chi connectivity index (χ4n) is 2.38. The van der Waals surface area contributed by atoms with Crippen molar-refractivity contribution in [2.75, 3.05) is 0 Å². The number of benzene rings is 1. The molecule has 0 atom stereocenters. The number of hydrazine groups is 1. The Bertz CT molecular complexity index is 1000. The second kappa shape index (κ2) is 5.99. The van der Waals surface area contributed by atoms with Gasteiger partial charge >= 0.3 is 0 Å². The lowest BCUT2D eigenvalue weighted by Crippen LogP contribution is -2.42. The SMILES string of the molecule is Cc1cc(C(=O)NNC(=O)c2n[nH]c(=O)c3ccccc23)c(C)o1. The van der Waals surface area contributed by atoms with Crippen molar-refractivity contribution in [3.63, 3.8) is 0 Å². The molecule has 122 valence electrons. The van der Waals surface area contributed by atoms with Crippen LogP contribution in [0.4, 0.5) is 0 Å². The molecule has 2 aromatic heterocycles. The predicted octanol–water partition coefficient (Wildman–Crippen LogP) is 1.21. The number of rotatable bonds is 2. The van der Waals surface area contributed by atoms with Crippen LogP contribution < -0.4 is 16.4 Å². The molecular formula is C16H14N4O4. The number of aryl methyl sites for hydroxylation is 2. The fraction of sp³-hybridized carbons (Fsp3) is 0.125. The largest absolute Gasteiger partial charge is 0.466 e. The lowest BCUT2D eigenvalue weighted by Gasteiger charge is -2.07. The Hall–Kier alpha value is -3.42. The summed E-state index contributed by atoms with van der Waals surface area (Å²) in [5.74, 6) is -0.107. The number of hydrogen-bond donors (Lipinski definition) is 3. The molecule has 3 aromatic rings. The summed E-state index contributed by atoms with van der Waals surface area (Å²) in [6, 6.07) is 8.15. The highest BCUT2D eigenvalue weighted by molar-refractivity contribution is 6.06. The lowest BCUT2D eigenvalue weighted by molar-refractivity contribution is 0.0843. The first kappa shape index (κ1) is 15.5. The third-order valence-electron chi connectivity index (χ3n) is 3.49. The Labute approximate surface area is 135 Å². The van der Waals surface area contributed by atoms with Crippen LogP contribution in [-0.2, 0) is 0 Å². The third kappa shape index (κ3) is 2.76. The lowest BCUT2D eigenvalue weighted by atomic mass is 10.1. The van der Waals surface area contributed by atoms with Gasteiger partial charge < -0.3 is 4.42 Å². The summed E-state index contributed by atoms with van der Waals surface area (Å²) in [7, 11) is 0. The van der Waals surface area contributed by atoms with E-state index < -0.39 is 17.4 Å². The van der Waals surface area contributed by atoms with E-state index in [0.717, 1.165) is 0 Å². The molecule has 3 rings (SSSR count). The van der Waals surface area contributed by atoms with Crippen LogP contribution >= 0.6 is 0 Å². The molecule has 2 heterocycles. The summed E-state index contributed by atoms with van der Waals surface area (Å²) < 4.78 is 5.27. The van der Waals surface area contributed by atoms with E-state index in [0.29, 0.717) is 27.9 Å². The van der Waals surface area contributed by atoms with Crippen molar-refractivity contribution >= 4 is 22.6 Å². The van der Waals surface area contributed by atoms with Crippen LogP contribution in [0.5, 0.6) is 0 Å². The molecule has 0 spiro atoms. The molecule has 0 unspecified atom stereocenters. The van der Waals surface area contributed by atoms with E-state index >= 15 is 0 Å². The number of nitrogens with zero attached hydrogens (tertiary/aromatic N) is 1. The van der Waals surface area contributed by atoms with E-state index in [2.05, 4.69) is 21.0 Å². The molecule has 3 N–H and O–H groups in total. The highest BCUT2D eigenvalue weighted by Gasteiger charge is 2.17. The van der Waals surface area contributed by atoms with Gasteiger partial charge in [0, 0.05) is 5.39 Å². The van der Waals surface area contributed by atoms with Gasteiger partial charge in [-0.05, 0) is 26.0 Å². The molecule has 8 heteroatoms. The highest BCUT2D eigenvalue weighted by atomic mass is 16.3. The quantitative estimate of drug-likeness (QED) is 0.612. The van der Waals surface area contributed by atoms with Gasteiger partial charge in [-0.3, -0.25) is 25.2 Å². The molecule has 0 aliphatic heterocycles. The van der Waals surface area contributed by atoms with E-state index in [9.17, 15) is 14.4 Å². The Balaban J connectivity index is 1.81. The topological polar surface area (TPSA) is 117 Å². The van der Waals surface area contributed by atoms with Gasteiger partial charge in [-0.1, -0.05) is 18.2 Å². The maximum atomic E-state index is 12.3. The molecule has 0 bridgehead atoms. The minimum absolute atomic E-state index is 0.00518. The molecule has 8 nitrogen and oxygen atoms in total. The first-order valence-electron chi connectivity index (χ1n) is 7.12. The van der Waals surface area contributed by atoms with Crippen LogP contribution in [0.2, 0.25) is 0 Å². The molecular weight excluding hydrogens is 312 g/mol. The van der Waals surface area contributed by atoms with Gasteiger partial charge in [-0.15, -0.1) is 0 Å². The number of furan rings is 1. The number of aromatic nitrogens is 2. The standard InChI is InChI=1S/C16H14N4O4/c1-8-7-12(9(2)24-8)15(22)19-20-16(23)13-10-5-3-4-6-11(10)14(21)18-17-13/h3-7H,1-2H3,(H,18,21)(H,19,22)(H,20,23). The number of hydrogen-bond acceptors (Lipinski definition) is 5. The Morgan fingerprint density at radius 1 is 1.08 bits per heavy atom. The van der Waals surface area contributed by atoms with Gasteiger partial charge in [-0.2, -0.15) is 5.10 Å². The van der Waals surface area contributed by atoms with Crippen LogP contribution in [0, 0.1) is 13.8 Å². The predicted molar refractivity (Wildman–Crippen MR) is 85.5 cm³/mol. The van der Waals surface area contributed by atoms with Crippen LogP contribution in [0.3, 0.4) is 0 Å². The zero-order valence-corrected chi connectivity index (χ0v) is 13.0. The Morgan fingerprint density at radius 3 is 2.42 bits per heavy atom. The summed E-state index contributed by atoms with van der Waals surface area (Å²) in [5.41, 5.74) is 4.52. The monoisotopic (exact) mass is 326 g/mol. The molecule has 0 saturated heterocycles. The zero-order valence-electron chi connectivity index (χ0n) is 13.0. The van der Waals surface area contributed by atoms with Crippen molar-refractivity contribution in [1.82, 2.24) is 21.0 Å². The maximum absolute atomic E-state index is 12.3. The number of amides is 2. The molecule has 24 heavy (non-hydrogen) atoms. The van der Waals surface area contributed by atoms with E-state index in [1.807, 2.05) is 0 Å². The molecule has 2 amide bonds. The molecule has 0 aliphatic rings. The van der Waals surface area contributed by atoms with Gasteiger partial charge in [0.2, 0.25) is 0 Å². The van der Waals surface area contributed by atoms with Crippen molar-refractivity contribution in [2.24, 2.45) is 0 Å². The summed E-state index contributed by atoms with van der Waals surface area (Å²) in [6.45, 7) is 3.37. The number of nitrogens with one attached hydrogen (secondary N) is 3. The van der Waals surface area contributed by atoms with Gasteiger partial charge in [0.25, 0.3) is 17.4 Å². The fourth-order valence-corrected chi connectivity index (χ4v) is 2.38. The van der Waals surface area contributed by atoms with Crippen molar-refractivity contribution in [1.29, 1.82) is 0 Å². The van der Waals surface area contributed by atoms with E-state index in [-0.39, 0.29) is 5.69 Å². The molecule has 0 saturated carbocycles. The number of H-pyrrole nitrogens is 1. The second-order valence-electron chi connectivity index (χ2n) is 5.18. The summed E-state index contributed by atoms with van der Waals surface area (Å²) in [4.78, 5) is 36.0. The average molecular weight is 326 g/mol. The summed E-state index contributed by atoms with van der Waals surface area (Å²) >= 11 is 0. The minimum atomic E-state index is -0.645. The maximum Gasteiger partial charge on any atom is 0.290 e. The first-order chi connectivity index (χ1) is 11.5. The van der Waals surface area contributed by atoms with Gasteiger partial charge in [0.05, 0.1) is 10.9 Å². The van der Waals surface area contributed by atoms with Crippen LogP contribution in [0.15, 0.2) is 39.5 Å². The summed E-state index contributed by atoms with van der Waals surface area (Å²) in [5, 5.41) is 6.75. The van der Waals surface area contributed by atoms with Gasteiger partial charge in [0.1, 0.15) is 11.5 Å². The van der Waals surface area contributed by atoms with Crippen LogP contribution in [0.25, 0.3) is 10.8 Å². The van der Waals surface area contributed by atoms with E-state index in [1.54, 1.807) is 44.2 Å². The Morgan fingerprint density at radius 2 is 1.75 bits per heavy atom. The highest BCUT2D eigenvalue weighted by Crippen LogP contribution is 2.14. The molecule has 0 aliphatic carbocycles. The Kier molecular flexibility index (Phi) is 3.87. The number of aromatic amines is 1. The number of carbonyl (C=O) groups is 2. The molecule has 1 aromatic carbocycles. The van der Waals surface area contributed by atoms with E-state index in [1.165, 1.54) is 0 Å². The van der Waals surface area contributed by atoms with Crippen LogP contribution in [-0.4, -0.2) is 22.0 Å². The van der Waals surface area contributed by atoms with Crippen LogP contribution in [0.1, 0.15) is 32.4 Å². The number of carbonyl (C=O) groups excluding carboxylic acids is 2. The third-order valence-corrected chi connectivity index (χ3v) is 3.49. The smallest absolute Gasteiger partial charge is 0.290 e. The van der Waals surface area contributed by atoms with Crippen molar-refractivity contribution < 1.29 is 14.0 Å². The minimum Gasteiger partial charge on any atom is -0.466 e. The average Bonchev–Trinajstić information content (AvgIpc) is 2.91. The number of fused-ring (bicyclic) bond motifs is 1. The van der Waals surface area contributed by atoms with Crippen molar-refractivity contribution in [2.45, 2.75) is 13.8 Å². The molecule has 0 radical (unpaired) electrons. The second-order valence-corrected chi connectivity index (χ2v) is 5.18. The summed E-state index contributed by atoms with van der Waals surface area (Å²) in [6.07, 6.45) is 0. The normalized spacial score (nSPS) is 10.6.